The molecule has 1 heterocycles. The van der Waals surface area contributed by atoms with Crippen LogP contribution >= 0.6 is 0 Å². The van der Waals surface area contributed by atoms with Gasteiger partial charge in [0.2, 0.25) is 0 Å². The van der Waals surface area contributed by atoms with Gasteiger partial charge in [-0.3, -0.25) is 4.98 Å². The molecule has 3 heteroatoms. The lowest BCUT2D eigenvalue weighted by Gasteiger charge is -2.28. The van der Waals surface area contributed by atoms with Crippen LogP contribution in [-0.4, -0.2) is 23.2 Å². The van der Waals surface area contributed by atoms with Gasteiger partial charge in [-0.25, -0.2) is 0 Å². The van der Waals surface area contributed by atoms with E-state index in [-0.39, 0.29) is 18.1 Å². The molecule has 0 aromatic carbocycles. The van der Waals surface area contributed by atoms with Crippen LogP contribution in [0, 0.1) is 5.41 Å². The number of aliphatic hydroxyl groups excluding tert-OH is 1. The summed E-state index contributed by atoms with van der Waals surface area (Å²) in [4.78, 5) is 4.10. The molecule has 0 aliphatic heterocycles. The molecule has 16 heavy (non-hydrogen) atoms. The number of aromatic nitrogens is 1. The van der Waals surface area contributed by atoms with Crippen molar-refractivity contribution in [3.63, 3.8) is 0 Å². The molecule has 3 nitrogen and oxygen atoms in total. The first-order valence-corrected chi connectivity index (χ1v) is 5.85. The van der Waals surface area contributed by atoms with Crippen molar-refractivity contribution >= 4 is 0 Å². The van der Waals surface area contributed by atoms with E-state index in [1.165, 1.54) is 5.56 Å². The van der Waals surface area contributed by atoms with Gasteiger partial charge in [0, 0.05) is 37.0 Å². The van der Waals surface area contributed by atoms with Crippen molar-refractivity contribution in [3.8, 4) is 0 Å². The van der Waals surface area contributed by atoms with E-state index < -0.39 is 0 Å². The first-order chi connectivity index (χ1) is 7.61. The highest BCUT2D eigenvalue weighted by Gasteiger charge is 2.21. The number of rotatable bonds is 6. The van der Waals surface area contributed by atoms with E-state index >= 15 is 0 Å². The Balaban J connectivity index is 2.50. The minimum atomic E-state index is -0.0313. The lowest BCUT2D eigenvalue weighted by atomic mass is 9.88. The normalized spacial score (nSPS) is 16.8. The van der Waals surface area contributed by atoms with E-state index in [4.69, 9.17) is 0 Å². The Hall–Kier alpha value is -0.930. The molecule has 0 saturated heterocycles. The van der Waals surface area contributed by atoms with Crippen LogP contribution in [0.25, 0.3) is 0 Å². The zero-order valence-electron chi connectivity index (χ0n) is 10.4. The molecular formula is C13H22N2O. The Labute approximate surface area is 97.9 Å². The molecule has 0 saturated carbocycles. The summed E-state index contributed by atoms with van der Waals surface area (Å²) in [5.74, 6) is 0. The van der Waals surface area contributed by atoms with Gasteiger partial charge in [0.25, 0.3) is 0 Å². The van der Waals surface area contributed by atoms with Crippen LogP contribution < -0.4 is 5.32 Å². The average Bonchev–Trinajstić information content (AvgIpc) is 2.36. The summed E-state index contributed by atoms with van der Waals surface area (Å²) in [5, 5.41) is 12.8. The van der Waals surface area contributed by atoms with Gasteiger partial charge in [-0.15, -0.1) is 0 Å². The van der Waals surface area contributed by atoms with E-state index in [0.29, 0.717) is 0 Å². The van der Waals surface area contributed by atoms with Gasteiger partial charge in [0.15, 0.2) is 0 Å². The third-order valence-corrected chi connectivity index (χ3v) is 3.25. The highest BCUT2D eigenvalue weighted by atomic mass is 16.3. The summed E-state index contributed by atoms with van der Waals surface area (Å²) in [6.07, 6.45) is 4.62. The quantitative estimate of drug-likeness (QED) is 0.775. The van der Waals surface area contributed by atoms with E-state index in [1.54, 1.807) is 6.20 Å². The Morgan fingerprint density at radius 2 is 2.31 bits per heavy atom. The maximum Gasteiger partial charge on any atom is 0.0496 e. The number of hydrogen-bond acceptors (Lipinski definition) is 3. The molecule has 0 amide bonds. The van der Waals surface area contributed by atoms with Crippen molar-refractivity contribution in [1.29, 1.82) is 0 Å². The van der Waals surface area contributed by atoms with Crippen LogP contribution in [-0.2, 0) is 0 Å². The van der Waals surface area contributed by atoms with E-state index in [0.717, 1.165) is 13.0 Å². The summed E-state index contributed by atoms with van der Waals surface area (Å²) in [5.41, 5.74) is 1.15. The first kappa shape index (κ1) is 13.1. The fourth-order valence-corrected chi connectivity index (χ4v) is 1.44. The Morgan fingerprint density at radius 1 is 1.56 bits per heavy atom. The third-order valence-electron chi connectivity index (χ3n) is 3.25. The van der Waals surface area contributed by atoms with Gasteiger partial charge in [-0.1, -0.05) is 19.9 Å². The topological polar surface area (TPSA) is 45.1 Å². The Kier molecular flexibility index (Phi) is 4.90. The molecule has 0 aliphatic carbocycles. The molecule has 1 rings (SSSR count). The minimum absolute atomic E-state index is 0.0313. The lowest BCUT2D eigenvalue weighted by Crippen LogP contribution is -2.35. The van der Waals surface area contributed by atoms with Gasteiger partial charge < -0.3 is 10.4 Å². The fourth-order valence-electron chi connectivity index (χ4n) is 1.44. The summed E-state index contributed by atoms with van der Waals surface area (Å²) < 4.78 is 0. The smallest absolute Gasteiger partial charge is 0.0496 e. The molecule has 0 radical (unpaired) electrons. The zero-order valence-corrected chi connectivity index (χ0v) is 10.4. The maximum atomic E-state index is 9.32. The minimum Gasteiger partial charge on any atom is -0.396 e. The van der Waals surface area contributed by atoms with Gasteiger partial charge in [-0.05, 0) is 25.0 Å². The van der Waals surface area contributed by atoms with Crippen molar-refractivity contribution in [2.24, 2.45) is 5.41 Å². The molecule has 1 aromatic heterocycles. The number of pyridine rings is 1. The zero-order chi connectivity index (χ0) is 12.0. The molecule has 2 atom stereocenters. The van der Waals surface area contributed by atoms with Crippen LogP contribution in [0.2, 0.25) is 0 Å². The van der Waals surface area contributed by atoms with Crippen LogP contribution in [0.15, 0.2) is 24.5 Å². The summed E-state index contributed by atoms with van der Waals surface area (Å²) >= 11 is 0. The van der Waals surface area contributed by atoms with Crippen LogP contribution in [0.4, 0.5) is 0 Å². The number of hydrogen-bond donors (Lipinski definition) is 2. The summed E-state index contributed by atoms with van der Waals surface area (Å²) in [6.45, 7) is 7.35. The van der Waals surface area contributed by atoms with E-state index in [2.05, 4.69) is 37.1 Å². The highest BCUT2D eigenvalue weighted by Crippen LogP contribution is 2.20. The molecule has 90 valence electrons. The molecule has 0 aliphatic rings. The molecule has 1 aromatic rings. The van der Waals surface area contributed by atoms with Crippen molar-refractivity contribution in [3.05, 3.63) is 30.1 Å². The van der Waals surface area contributed by atoms with Gasteiger partial charge in [0.05, 0.1) is 0 Å². The molecule has 0 spiro atoms. The number of nitrogens with zero attached hydrogens (tertiary/aromatic N) is 1. The molecule has 0 bridgehead atoms. The van der Waals surface area contributed by atoms with Crippen LogP contribution in [0.5, 0.6) is 0 Å². The predicted octanol–water partition coefficient (Wildman–Crippen LogP) is 2.14. The van der Waals surface area contributed by atoms with Crippen molar-refractivity contribution in [1.82, 2.24) is 10.3 Å². The van der Waals surface area contributed by atoms with Crippen molar-refractivity contribution in [2.75, 3.05) is 13.2 Å². The molecule has 1 unspecified atom stereocenters. The average molecular weight is 222 g/mol. The first-order valence-electron chi connectivity index (χ1n) is 5.85. The SMILES string of the molecule is CCC(C)(CO)CN[C@@H](C)c1cccnc1. The Bertz CT molecular complexity index is 296. The fraction of sp³-hybridized carbons (Fsp3) is 0.615. The van der Waals surface area contributed by atoms with Crippen molar-refractivity contribution < 1.29 is 5.11 Å². The summed E-state index contributed by atoms with van der Waals surface area (Å²) in [6, 6.07) is 4.27. The highest BCUT2D eigenvalue weighted by molar-refractivity contribution is 5.12. The van der Waals surface area contributed by atoms with Crippen LogP contribution in [0.3, 0.4) is 0 Å². The Morgan fingerprint density at radius 3 is 2.81 bits per heavy atom. The monoisotopic (exact) mass is 222 g/mol. The van der Waals surface area contributed by atoms with E-state index in [1.807, 2.05) is 12.3 Å². The summed E-state index contributed by atoms with van der Waals surface area (Å²) in [7, 11) is 0. The third kappa shape index (κ3) is 3.58. The molecule has 0 fully saturated rings. The standard InChI is InChI=1S/C13H22N2O/c1-4-13(3,10-16)9-15-11(2)12-6-5-7-14-8-12/h5-8,11,15-16H,4,9-10H2,1-3H3/t11-,13?/m0/s1. The van der Waals surface area contributed by atoms with Gasteiger partial charge in [0.1, 0.15) is 0 Å². The second kappa shape index (κ2) is 5.97. The second-order valence-electron chi connectivity index (χ2n) is 4.71. The molecule has 2 N–H and O–H groups in total. The largest absolute Gasteiger partial charge is 0.396 e. The second-order valence-corrected chi connectivity index (χ2v) is 4.71. The van der Waals surface area contributed by atoms with Gasteiger partial charge >= 0.3 is 0 Å². The van der Waals surface area contributed by atoms with E-state index in [9.17, 15) is 5.11 Å². The van der Waals surface area contributed by atoms with Crippen LogP contribution in [0.1, 0.15) is 38.8 Å². The van der Waals surface area contributed by atoms with Gasteiger partial charge in [-0.2, -0.15) is 0 Å². The molecular weight excluding hydrogens is 200 g/mol. The van der Waals surface area contributed by atoms with Crippen molar-refractivity contribution in [2.45, 2.75) is 33.2 Å². The number of aliphatic hydroxyl groups is 1. The maximum absolute atomic E-state index is 9.32. The lowest BCUT2D eigenvalue weighted by molar-refractivity contribution is 0.132. The predicted molar refractivity (Wildman–Crippen MR) is 66.1 cm³/mol. The number of nitrogens with one attached hydrogen (secondary N) is 1.